The van der Waals surface area contributed by atoms with Crippen molar-refractivity contribution in [3.8, 4) is 0 Å². The predicted octanol–water partition coefficient (Wildman–Crippen LogP) is 1.47. The second kappa shape index (κ2) is 7.55. The van der Waals surface area contributed by atoms with Crippen LogP contribution in [0.2, 0.25) is 10.0 Å². The van der Waals surface area contributed by atoms with Gasteiger partial charge in [0.15, 0.2) is 0 Å². The topological polar surface area (TPSA) is 126 Å². The van der Waals surface area contributed by atoms with Crippen LogP contribution in [0.25, 0.3) is 0 Å². The molecule has 0 saturated carbocycles. The number of rotatable bonds is 4. The Morgan fingerprint density at radius 1 is 1.18 bits per heavy atom. The molecule has 170 valence electrons. The van der Waals surface area contributed by atoms with Gasteiger partial charge in [0, 0.05) is 28.5 Å². The van der Waals surface area contributed by atoms with Crippen LogP contribution in [-0.4, -0.2) is 29.7 Å². The molecule has 0 aromatic heterocycles. The molecule has 4 atom stereocenters. The molecule has 2 aromatic rings. The highest BCUT2D eigenvalue weighted by molar-refractivity contribution is 6.33. The number of anilines is 2. The number of primary amides is 1. The van der Waals surface area contributed by atoms with Gasteiger partial charge in [0.2, 0.25) is 23.3 Å². The fourth-order valence-electron chi connectivity index (χ4n) is 5.59. The van der Waals surface area contributed by atoms with E-state index in [1.165, 1.54) is 0 Å². The summed E-state index contributed by atoms with van der Waals surface area (Å²) in [6, 6.07) is 9.40. The van der Waals surface area contributed by atoms with Gasteiger partial charge in [-0.05, 0) is 42.8 Å². The van der Waals surface area contributed by atoms with E-state index >= 15 is 0 Å². The minimum Gasteiger partial charge on any atom is -0.370 e. The van der Waals surface area contributed by atoms with Crippen LogP contribution in [0.4, 0.5) is 11.4 Å². The van der Waals surface area contributed by atoms with Gasteiger partial charge in [-0.1, -0.05) is 29.3 Å². The van der Waals surface area contributed by atoms with E-state index in [0.717, 1.165) is 4.90 Å². The molecule has 0 radical (unpaired) electrons. The first kappa shape index (κ1) is 21.9. The number of nitrogens with zero attached hydrogens (tertiary/aromatic N) is 1. The van der Waals surface area contributed by atoms with Crippen molar-refractivity contribution in [1.82, 2.24) is 0 Å². The third-order valence-corrected chi connectivity index (χ3v) is 7.67. The first-order valence-corrected chi connectivity index (χ1v) is 11.3. The van der Waals surface area contributed by atoms with Crippen molar-refractivity contribution < 1.29 is 24.5 Å². The molecule has 5 N–H and O–H groups in total. The zero-order valence-electron chi connectivity index (χ0n) is 17.6. The molecule has 0 aliphatic carbocycles. The fraction of sp³-hybridized carbons (Fsp3) is 0.304. The van der Waals surface area contributed by atoms with Crippen molar-refractivity contribution in [3.05, 3.63) is 57.6 Å². The number of hydrogen-bond acceptors (Lipinski definition) is 4. The van der Waals surface area contributed by atoms with Crippen LogP contribution in [0.15, 0.2) is 36.4 Å². The van der Waals surface area contributed by atoms with Gasteiger partial charge in [0.25, 0.3) is 5.91 Å². The molecule has 0 unspecified atom stereocenters. The zero-order valence-corrected chi connectivity index (χ0v) is 19.1. The number of nitrogens with one attached hydrogen (secondary N) is 1. The van der Waals surface area contributed by atoms with Crippen molar-refractivity contribution in [1.29, 1.82) is 0 Å². The van der Waals surface area contributed by atoms with Crippen LogP contribution in [0.1, 0.15) is 24.0 Å². The summed E-state index contributed by atoms with van der Waals surface area (Å²) >= 11 is 12.4. The lowest BCUT2D eigenvalue weighted by Gasteiger charge is -2.26. The first-order valence-electron chi connectivity index (χ1n) is 10.6. The largest absolute Gasteiger partial charge is 0.370 e. The average molecular weight is 488 g/mol. The molecule has 2 aromatic carbocycles. The van der Waals surface area contributed by atoms with E-state index < -0.39 is 41.1 Å². The Hall–Kier alpha value is -2.94. The van der Waals surface area contributed by atoms with Crippen LogP contribution in [0, 0.1) is 18.8 Å². The van der Waals surface area contributed by atoms with Gasteiger partial charge in [0.05, 0.1) is 11.4 Å². The SMILES string of the molecule is Cc1c(Cl)ccc2c1NC(=O)[C@]21[NH2+][C@@H](CCC(N)=O)[C@H]2C(=O)N(c3cccc(Cl)c3)C(=O)[C@H]21. The number of imide groups is 1. The number of benzene rings is 2. The number of carbonyl (C=O) groups excluding carboxylic acids is 4. The molecule has 3 aliphatic rings. The van der Waals surface area contributed by atoms with E-state index in [-0.39, 0.29) is 18.7 Å². The summed E-state index contributed by atoms with van der Waals surface area (Å²) in [5.41, 5.74) is 6.22. The molecular weight excluding hydrogens is 467 g/mol. The van der Waals surface area contributed by atoms with Crippen LogP contribution in [0.3, 0.4) is 0 Å². The molecule has 8 nitrogen and oxygen atoms in total. The van der Waals surface area contributed by atoms with Crippen LogP contribution >= 0.6 is 23.2 Å². The number of fused-ring (bicyclic) bond motifs is 4. The number of amides is 4. The van der Waals surface area contributed by atoms with E-state index in [1.807, 2.05) is 0 Å². The highest BCUT2D eigenvalue weighted by atomic mass is 35.5. The van der Waals surface area contributed by atoms with Crippen molar-refractivity contribution in [2.45, 2.75) is 31.3 Å². The quantitative estimate of drug-likeness (QED) is 0.564. The number of hydrogen-bond donors (Lipinski definition) is 3. The smallest absolute Gasteiger partial charge is 0.291 e. The lowest BCUT2D eigenvalue weighted by Crippen LogP contribution is -2.99. The van der Waals surface area contributed by atoms with Crippen molar-refractivity contribution in [2.75, 3.05) is 10.2 Å². The number of quaternary nitrogens is 1. The van der Waals surface area contributed by atoms with Gasteiger partial charge in [-0.3, -0.25) is 19.2 Å². The van der Waals surface area contributed by atoms with Crippen LogP contribution in [0.5, 0.6) is 0 Å². The molecular formula is C23H21Cl2N4O4+. The minimum absolute atomic E-state index is 0.0349. The first-order chi connectivity index (χ1) is 15.7. The second-order valence-corrected chi connectivity index (χ2v) is 9.59. The number of carbonyl (C=O) groups is 4. The monoisotopic (exact) mass is 487 g/mol. The van der Waals surface area contributed by atoms with E-state index in [4.69, 9.17) is 28.9 Å². The summed E-state index contributed by atoms with van der Waals surface area (Å²) in [5, 5.41) is 5.52. The molecule has 0 bridgehead atoms. The Morgan fingerprint density at radius 3 is 2.64 bits per heavy atom. The van der Waals surface area contributed by atoms with Crippen molar-refractivity contribution in [3.63, 3.8) is 0 Å². The predicted molar refractivity (Wildman–Crippen MR) is 122 cm³/mol. The number of nitrogens with two attached hydrogens (primary N) is 2. The van der Waals surface area contributed by atoms with Gasteiger partial charge in [-0.15, -0.1) is 0 Å². The molecule has 10 heteroatoms. The lowest BCUT2D eigenvalue weighted by atomic mass is 9.76. The molecule has 4 amide bonds. The molecule has 5 rings (SSSR count). The van der Waals surface area contributed by atoms with E-state index in [2.05, 4.69) is 5.32 Å². The summed E-state index contributed by atoms with van der Waals surface area (Å²) in [4.78, 5) is 53.6. The van der Waals surface area contributed by atoms with E-state index in [0.29, 0.717) is 32.5 Å². The molecule has 1 spiro atoms. The van der Waals surface area contributed by atoms with Crippen molar-refractivity contribution in [2.24, 2.45) is 17.6 Å². The Labute approximate surface area is 199 Å². The summed E-state index contributed by atoms with van der Waals surface area (Å²) in [6.45, 7) is 1.79. The van der Waals surface area contributed by atoms with Crippen LogP contribution < -0.4 is 21.3 Å². The zero-order chi connectivity index (χ0) is 23.7. The minimum atomic E-state index is -1.35. The molecule has 2 fully saturated rings. The maximum atomic E-state index is 13.8. The molecule has 2 saturated heterocycles. The van der Waals surface area contributed by atoms with E-state index in [1.54, 1.807) is 48.6 Å². The molecule has 3 heterocycles. The highest BCUT2D eigenvalue weighted by Crippen LogP contribution is 2.51. The highest BCUT2D eigenvalue weighted by Gasteiger charge is 2.74. The standard InChI is InChI=1S/C23H20Cl2N4O4/c1-10-14(25)6-5-13-19(10)27-22(33)23(13)18-17(15(28-23)7-8-16(26)30)20(31)29(21(18)32)12-4-2-3-11(24)9-12/h2-6,9,15,17-18,28H,7-8H2,1H3,(H2,26,30)(H,27,33)/p+1/t15-,17+,18-,23-/m0/s1. The third kappa shape index (κ3) is 3.01. The van der Waals surface area contributed by atoms with Gasteiger partial charge in [-0.2, -0.15) is 0 Å². The van der Waals surface area contributed by atoms with Gasteiger partial charge >= 0.3 is 0 Å². The van der Waals surface area contributed by atoms with Gasteiger partial charge in [0.1, 0.15) is 17.9 Å². The summed E-state index contributed by atoms with van der Waals surface area (Å²) < 4.78 is 0. The van der Waals surface area contributed by atoms with Gasteiger partial charge in [-0.25, -0.2) is 4.90 Å². The van der Waals surface area contributed by atoms with E-state index in [9.17, 15) is 19.2 Å². The maximum Gasteiger partial charge on any atom is 0.291 e. The van der Waals surface area contributed by atoms with Gasteiger partial charge < -0.3 is 16.4 Å². The van der Waals surface area contributed by atoms with Crippen LogP contribution in [-0.2, 0) is 24.7 Å². The van der Waals surface area contributed by atoms with Crippen molar-refractivity contribution >= 4 is 58.2 Å². The Bertz CT molecular complexity index is 1250. The third-order valence-electron chi connectivity index (χ3n) is 7.03. The molecule has 33 heavy (non-hydrogen) atoms. The Kier molecular flexibility index (Phi) is 5.00. The average Bonchev–Trinajstić information content (AvgIpc) is 3.34. The summed E-state index contributed by atoms with van der Waals surface area (Å²) in [7, 11) is 0. The second-order valence-electron chi connectivity index (χ2n) is 8.75. The Balaban J connectivity index is 1.67. The Morgan fingerprint density at radius 2 is 1.94 bits per heavy atom. The summed E-state index contributed by atoms with van der Waals surface area (Å²) in [5.74, 6) is -3.54. The normalized spacial score (nSPS) is 27.8. The summed E-state index contributed by atoms with van der Waals surface area (Å²) in [6.07, 6.45) is 0.295. The maximum absolute atomic E-state index is 13.8. The lowest BCUT2D eigenvalue weighted by molar-refractivity contribution is -0.733. The molecule has 3 aliphatic heterocycles. The number of halogens is 2. The fourth-order valence-corrected chi connectivity index (χ4v) is 5.94.